The van der Waals surface area contributed by atoms with Crippen molar-refractivity contribution in [1.29, 1.82) is 0 Å². The number of hydrogen-bond acceptors (Lipinski definition) is 7. The molecule has 0 aliphatic carbocycles. The summed E-state index contributed by atoms with van der Waals surface area (Å²) in [6, 6.07) is 0. The van der Waals surface area contributed by atoms with Crippen molar-refractivity contribution < 1.29 is 18.7 Å². The fourth-order valence-corrected chi connectivity index (χ4v) is 3.21. The molecule has 1 heterocycles. The van der Waals surface area contributed by atoms with E-state index in [1.54, 1.807) is 12.5 Å². The topological polar surface area (TPSA) is 69.7 Å². The summed E-state index contributed by atoms with van der Waals surface area (Å²) in [7, 11) is 1.22. The Bertz CT molecular complexity index is 514. The summed E-state index contributed by atoms with van der Waals surface area (Å²) in [4.78, 5) is 15.6. The monoisotopic (exact) mass is 360 g/mol. The van der Waals surface area contributed by atoms with Gasteiger partial charge in [-0.2, -0.15) is 0 Å². The van der Waals surface area contributed by atoms with Gasteiger partial charge in [-0.15, -0.1) is 11.3 Å². The summed E-state index contributed by atoms with van der Waals surface area (Å²) in [5.74, 6) is -0.432. The van der Waals surface area contributed by atoms with Gasteiger partial charge < -0.3 is 19.2 Å². The molecule has 132 valence electrons. The minimum Gasteiger partial charge on any atom is -0.464 e. The van der Waals surface area contributed by atoms with Crippen molar-refractivity contribution in [2.24, 2.45) is 0 Å². The fourth-order valence-electron chi connectivity index (χ4n) is 1.48. The highest BCUT2D eigenvalue weighted by Crippen LogP contribution is 2.36. The van der Waals surface area contributed by atoms with Crippen molar-refractivity contribution >= 4 is 30.8 Å². The summed E-state index contributed by atoms with van der Waals surface area (Å²) < 4.78 is 16.3. The van der Waals surface area contributed by atoms with Crippen LogP contribution in [0.15, 0.2) is 5.38 Å². The molecule has 0 amide bonds. The maximum atomic E-state index is 11.4. The fraction of sp³-hybridized carbons (Fsp3) is 0.733. The number of nitrogens with zero attached hydrogens (tertiary/aromatic N) is 1. The number of methoxy groups -OCH3 is 2. The zero-order valence-corrected chi connectivity index (χ0v) is 16.9. The van der Waals surface area contributed by atoms with E-state index >= 15 is 0 Å². The third kappa shape index (κ3) is 5.87. The van der Waals surface area contributed by atoms with Gasteiger partial charge in [0.05, 0.1) is 19.8 Å². The van der Waals surface area contributed by atoms with Crippen LogP contribution in [0.4, 0.5) is 5.13 Å². The van der Waals surface area contributed by atoms with E-state index in [4.69, 9.17) is 9.16 Å². The molecule has 23 heavy (non-hydrogen) atoms. The summed E-state index contributed by atoms with van der Waals surface area (Å²) in [5, 5.41) is 5.69. The second-order valence-corrected chi connectivity index (χ2v) is 12.5. The Kier molecular flexibility index (Phi) is 7.18. The largest absolute Gasteiger partial charge is 0.464 e. The van der Waals surface area contributed by atoms with E-state index in [9.17, 15) is 4.79 Å². The van der Waals surface area contributed by atoms with Gasteiger partial charge in [0.25, 0.3) is 0 Å². The molecular formula is C15H28N2O4SSi. The second kappa shape index (κ2) is 8.23. The predicted octanol–water partition coefficient (Wildman–Crippen LogP) is 3.38. The van der Waals surface area contributed by atoms with Crippen molar-refractivity contribution in [3.63, 3.8) is 0 Å². The van der Waals surface area contributed by atoms with E-state index in [0.29, 0.717) is 24.0 Å². The minimum atomic E-state index is -1.79. The smallest absolute Gasteiger partial charge is 0.357 e. The van der Waals surface area contributed by atoms with E-state index in [2.05, 4.69) is 48.9 Å². The van der Waals surface area contributed by atoms with Crippen molar-refractivity contribution in [3.8, 4) is 0 Å². The summed E-state index contributed by atoms with van der Waals surface area (Å²) in [5.41, 5.74) is 0.312. The van der Waals surface area contributed by atoms with Crippen molar-refractivity contribution in [2.75, 3.05) is 32.7 Å². The molecule has 1 aromatic rings. The Labute approximate surface area is 143 Å². The Morgan fingerprint density at radius 1 is 1.39 bits per heavy atom. The van der Waals surface area contributed by atoms with Crippen LogP contribution in [-0.4, -0.2) is 52.7 Å². The number of aromatic nitrogens is 1. The predicted molar refractivity (Wildman–Crippen MR) is 95.9 cm³/mol. The van der Waals surface area contributed by atoms with Gasteiger partial charge >= 0.3 is 5.97 Å². The summed E-state index contributed by atoms with van der Waals surface area (Å²) >= 11 is 1.36. The number of hydrogen-bond donors (Lipinski definition) is 1. The maximum absolute atomic E-state index is 11.4. The highest BCUT2D eigenvalue weighted by molar-refractivity contribution is 7.13. The first kappa shape index (κ1) is 20.1. The lowest BCUT2D eigenvalue weighted by atomic mass is 10.2. The number of rotatable bonds is 8. The Morgan fingerprint density at radius 2 is 2.04 bits per heavy atom. The van der Waals surface area contributed by atoms with Crippen LogP contribution >= 0.6 is 11.3 Å². The van der Waals surface area contributed by atoms with Crippen LogP contribution in [-0.2, 0) is 13.9 Å². The van der Waals surface area contributed by atoms with Gasteiger partial charge in [0.2, 0.25) is 0 Å². The highest BCUT2D eigenvalue weighted by Gasteiger charge is 2.37. The molecular weight excluding hydrogens is 332 g/mol. The van der Waals surface area contributed by atoms with E-state index in [0.717, 1.165) is 0 Å². The Balaban J connectivity index is 2.51. The molecule has 0 fully saturated rings. The van der Waals surface area contributed by atoms with E-state index in [-0.39, 0.29) is 11.1 Å². The average Bonchev–Trinajstić information content (AvgIpc) is 2.94. The number of carbonyl (C=O) groups is 1. The van der Waals surface area contributed by atoms with Gasteiger partial charge in [-0.1, -0.05) is 20.8 Å². The first-order chi connectivity index (χ1) is 10.6. The van der Waals surface area contributed by atoms with Crippen molar-refractivity contribution in [3.05, 3.63) is 11.1 Å². The second-order valence-electron chi connectivity index (χ2n) is 6.84. The lowest BCUT2D eigenvalue weighted by molar-refractivity contribution is 0.0594. The summed E-state index contributed by atoms with van der Waals surface area (Å²) in [6.07, 6.45) is -0.0744. The lowest BCUT2D eigenvalue weighted by Gasteiger charge is -2.37. The van der Waals surface area contributed by atoms with Gasteiger partial charge in [0.1, 0.15) is 0 Å². The third-order valence-electron chi connectivity index (χ3n) is 4.15. The molecule has 0 radical (unpaired) electrons. The molecule has 0 aromatic carbocycles. The molecule has 1 rings (SSSR count). The lowest BCUT2D eigenvalue weighted by Crippen LogP contribution is -2.43. The first-order valence-electron chi connectivity index (χ1n) is 7.55. The van der Waals surface area contributed by atoms with Gasteiger partial charge in [0.15, 0.2) is 19.1 Å². The van der Waals surface area contributed by atoms with E-state index < -0.39 is 14.3 Å². The van der Waals surface area contributed by atoms with E-state index in [1.807, 2.05) is 0 Å². The van der Waals surface area contributed by atoms with Crippen LogP contribution in [0.1, 0.15) is 31.3 Å². The molecule has 0 aliphatic heterocycles. The average molecular weight is 361 g/mol. The molecule has 6 nitrogen and oxygen atoms in total. The number of anilines is 1. The number of esters is 1. The standard InChI is InChI=1S/C15H28N2O4SSi/c1-15(2,3)23(6,7)21-9-11(19-4)8-16-14-17-12(10-22-14)13(18)20-5/h10-11H,8-9H2,1-7H3,(H,16,17). The van der Waals surface area contributed by atoms with Gasteiger partial charge in [-0.05, 0) is 18.1 Å². The van der Waals surface area contributed by atoms with E-state index in [1.165, 1.54) is 18.4 Å². The molecule has 1 aromatic heterocycles. The quantitative estimate of drug-likeness (QED) is 0.566. The molecule has 0 saturated carbocycles. The molecule has 1 unspecified atom stereocenters. The van der Waals surface area contributed by atoms with Crippen LogP contribution < -0.4 is 5.32 Å². The molecule has 8 heteroatoms. The number of ether oxygens (including phenoxy) is 2. The van der Waals surface area contributed by atoms with Gasteiger partial charge in [0, 0.05) is 19.0 Å². The van der Waals surface area contributed by atoms with Crippen LogP contribution in [0.5, 0.6) is 0 Å². The normalized spacial score (nSPS) is 13.7. The molecule has 0 spiro atoms. The van der Waals surface area contributed by atoms with Crippen LogP contribution in [0.2, 0.25) is 18.1 Å². The highest BCUT2D eigenvalue weighted by atomic mass is 32.1. The minimum absolute atomic E-state index is 0.0744. The number of thiazole rings is 1. The number of carbonyl (C=O) groups excluding carboxylic acids is 1. The van der Waals surface area contributed by atoms with Crippen molar-refractivity contribution in [1.82, 2.24) is 4.98 Å². The Morgan fingerprint density at radius 3 is 2.57 bits per heavy atom. The summed E-state index contributed by atoms with van der Waals surface area (Å²) in [6.45, 7) is 12.2. The molecule has 0 bridgehead atoms. The van der Waals surface area contributed by atoms with Gasteiger partial charge in [-0.3, -0.25) is 0 Å². The van der Waals surface area contributed by atoms with Gasteiger partial charge in [-0.25, -0.2) is 9.78 Å². The maximum Gasteiger partial charge on any atom is 0.357 e. The molecule has 1 N–H and O–H groups in total. The first-order valence-corrected chi connectivity index (χ1v) is 11.3. The molecule has 1 atom stereocenters. The van der Waals surface area contributed by atoms with Crippen molar-refractivity contribution in [2.45, 2.75) is 45.0 Å². The zero-order chi connectivity index (χ0) is 17.7. The van der Waals surface area contributed by atoms with Crippen LogP contribution in [0, 0.1) is 0 Å². The Hall–Kier alpha value is -0.963. The zero-order valence-electron chi connectivity index (χ0n) is 15.1. The van der Waals surface area contributed by atoms with Crippen LogP contribution in [0.25, 0.3) is 0 Å². The molecule has 0 aliphatic rings. The molecule has 0 saturated heterocycles. The van der Waals surface area contributed by atoms with Crippen LogP contribution in [0.3, 0.4) is 0 Å². The third-order valence-corrected chi connectivity index (χ3v) is 9.45. The number of nitrogens with one attached hydrogen (secondary N) is 1. The SMILES string of the molecule is COC(=O)c1csc(NCC(CO[Si](C)(C)C(C)(C)C)OC)n1.